The fraction of sp³-hybridized carbons (Fsp3) is 0.312. The monoisotopic (exact) mass is 274 g/mol. The van der Waals surface area contributed by atoms with Crippen LogP contribution in [0.4, 0.5) is 4.39 Å². The van der Waals surface area contributed by atoms with E-state index in [1.54, 1.807) is 25.3 Å². The van der Waals surface area contributed by atoms with Gasteiger partial charge in [-0.05, 0) is 43.2 Å². The third kappa shape index (κ3) is 3.62. The molecule has 0 radical (unpaired) electrons. The van der Waals surface area contributed by atoms with Gasteiger partial charge in [-0.3, -0.25) is 4.98 Å². The van der Waals surface area contributed by atoms with Crippen molar-refractivity contribution in [3.05, 3.63) is 65.2 Å². The summed E-state index contributed by atoms with van der Waals surface area (Å²) >= 11 is 0. The Balaban J connectivity index is 1.96. The van der Waals surface area contributed by atoms with Crippen LogP contribution in [0.2, 0.25) is 0 Å². The van der Waals surface area contributed by atoms with Gasteiger partial charge in [0.15, 0.2) is 0 Å². The van der Waals surface area contributed by atoms with E-state index in [9.17, 15) is 9.50 Å². The summed E-state index contributed by atoms with van der Waals surface area (Å²) in [6.07, 6.45) is 1.76. The molecule has 0 aliphatic heterocycles. The van der Waals surface area contributed by atoms with Gasteiger partial charge >= 0.3 is 0 Å². The predicted molar refractivity (Wildman–Crippen MR) is 76.7 cm³/mol. The highest BCUT2D eigenvalue weighted by molar-refractivity contribution is 5.23. The second-order valence-electron chi connectivity index (χ2n) is 5.13. The molecule has 1 aromatic carbocycles. The van der Waals surface area contributed by atoms with Crippen molar-refractivity contribution in [1.29, 1.82) is 0 Å². The van der Waals surface area contributed by atoms with Crippen LogP contribution in [0.15, 0.2) is 42.6 Å². The molecule has 2 N–H and O–H groups in total. The average Bonchev–Trinajstić information content (AvgIpc) is 2.41. The lowest BCUT2D eigenvalue weighted by molar-refractivity contribution is 0.0566. The zero-order valence-electron chi connectivity index (χ0n) is 11.7. The molecule has 1 unspecified atom stereocenters. The summed E-state index contributed by atoms with van der Waals surface area (Å²) in [6, 6.07) is 9.81. The molecule has 1 aromatic heterocycles. The summed E-state index contributed by atoms with van der Waals surface area (Å²) in [7, 11) is 0. The van der Waals surface area contributed by atoms with Gasteiger partial charge in [0, 0.05) is 25.0 Å². The highest BCUT2D eigenvalue weighted by atomic mass is 19.1. The van der Waals surface area contributed by atoms with Gasteiger partial charge in [-0.2, -0.15) is 0 Å². The second kappa shape index (κ2) is 6.11. The molecule has 106 valence electrons. The lowest BCUT2D eigenvalue weighted by atomic mass is 9.96. The molecule has 2 aromatic rings. The summed E-state index contributed by atoms with van der Waals surface area (Å²) in [5.41, 5.74) is 1.72. The SMILES string of the molecule is Cc1ncccc1CNCC(C)(O)c1ccc(F)cc1. The number of aromatic nitrogens is 1. The topological polar surface area (TPSA) is 45.2 Å². The first-order valence-corrected chi connectivity index (χ1v) is 6.59. The number of hydrogen-bond donors (Lipinski definition) is 2. The Morgan fingerprint density at radius 3 is 2.60 bits per heavy atom. The normalized spacial score (nSPS) is 14.0. The minimum atomic E-state index is -1.04. The number of nitrogens with one attached hydrogen (secondary N) is 1. The average molecular weight is 274 g/mol. The van der Waals surface area contributed by atoms with E-state index in [4.69, 9.17) is 0 Å². The Kier molecular flexibility index (Phi) is 4.47. The fourth-order valence-corrected chi connectivity index (χ4v) is 2.06. The van der Waals surface area contributed by atoms with Gasteiger partial charge in [0.1, 0.15) is 5.82 Å². The number of pyridine rings is 1. The Morgan fingerprint density at radius 1 is 1.25 bits per heavy atom. The molecular formula is C16H19FN2O. The number of hydrogen-bond acceptors (Lipinski definition) is 3. The first kappa shape index (κ1) is 14.6. The summed E-state index contributed by atoms with van der Waals surface area (Å²) in [6.45, 7) is 4.68. The lowest BCUT2D eigenvalue weighted by Crippen LogP contribution is -2.35. The molecule has 3 nitrogen and oxygen atoms in total. The van der Waals surface area contributed by atoms with Crippen molar-refractivity contribution in [2.75, 3.05) is 6.54 Å². The van der Waals surface area contributed by atoms with Gasteiger partial charge in [-0.15, -0.1) is 0 Å². The van der Waals surface area contributed by atoms with Crippen molar-refractivity contribution >= 4 is 0 Å². The van der Waals surface area contributed by atoms with Crippen LogP contribution in [0.25, 0.3) is 0 Å². The predicted octanol–water partition coefficient (Wildman–Crippen LogP) is 2.53. The lowest BCUT2D eigenvalue weighted by Gasteiger charge is -2.24. The minimum Gasteiger partial charge on any atom is -0.384 e. The molecule has 4 heteroatoms. The maximum Gasteiger partial charge on any atom is 0.123 e. The number of benzene rings is 1. The quantitative estimate of drug-likeness (QED) is 0.880. The Labute approximate surface area is 118 Å². The second-order valence-corrected chi connectivity index (χ2v) is 5.13. The number of halogens is 1. The van der Waals surface area contributed by atoms with Crippen molar-refractivity contribution in [2.45, 2.75) is 26.0 Å². The molecule has 0 saturated heterocycles. The number of rotatable bonds is 5. The summed E-state index contributed by atoms with van der Waals surface area (Å²) in [4.78, 5) is 4.22. The molecule has 0 bridgehead atoms. The molecule has 0 saturated carbocycles. The minimum absolute atomic E-state index is 0.302. The fourth-order valence-electron chi connectivity index (χ4n) is 2.06. The van der Waals surface area contributed by atoms with E-state index < -0.39 is 5.60 Å². The molecule has 20 heavy (non-hydrogen) atoms. The zero-order valence-corrected chi connectivity index (χ0v) is 11.7. The van der Waals surface area contributed by atoms with Gasteiger partial charge in [0.2, 0.25) is 0 Å². The van der Waals surface area contributed by atoms with Gasteiger partial charge in [-0.25, -0.2) is 4.39 Å². The van der Waals surface area contributed by atoms with Crippen LogP contribution in [0, 0.1) is 12.7 Å². The van der Waals surface area contributed by atoms with Gasteiger partial charge in [0.05, 0.1) is 5.60 Å². The Bertz CT molecular complexity index is 567. The molecule has 0 amide bonds. The third-order valence-electron chi connectivity index (χ3n) is 3.37. The molecule has 1 atom stereocenters. The van der Waals surface area contributed by atoms with Gasteiger partial charge in [0.25, 0.3) is 0 Å². The summed E-state index contributed by atoms with van der Waals surface area (Å²) < 4.78 is 12.9. The highest BCUT2D eigenvalue weighted by Gasteiger charge is 2.22. The number of aliphatic hydroxyl groups is 1. The van der Waals surface area contributed by atoms with Crippen LogP contribution in [-0.4, -0.2) is 16.6 Å². The van der Waals surface area contributed by atoms with E-state index in [1.807, 2.05) is 19.1 Å². The van der Waals surface area contributed by atoms with E-state index in [1.165, 1.54) is 12.1 Å². The maximum absolute atomic E-state index is 12.9. The van der Waals surface area contributed by atoms with Crippen molar-refractivity contribution in [3.8, 4) is 0 Å². The van der Waals surface area contributed by atoms with E-state index in [2.05, 4.69) is 10.3 Å². The summed E-state index contributed by atoms with van der Waals surface area (Å²) in [5.74, 6) is -0.302. The molecule has 1 heterocycles. The molecule has 0 fully saturated rings. The molecular weight excluding hydrogens is 255 g/mol. The Morgan fingerprint density at radius 2 is 1.95 bits per heavy atom. The van der Waals surface area contributed by atoms with Crippen LogP contribution in [0.1, 0.15) is 23.7 Å². The molecule has 0 spiro atoms. The molecule has 0 aliphatic rings. The van der Waals surface area contributed by atoms with Crippen LogP contribution in [-0.2, 0) is 12.1 Å². The van der Waals surface area contributed by atoms with Crippen LogP contribution < -0.4 is 5.32 Å². The largest absolute Gasteiger partial charge is 0.384 e. The third-order valence-corrected chi connectivity index (χ3v) is 3.37. The van der Waals surface area contributed by atoms with Crippen LogP contribution in [0.5, 0.6) is 0 Å². The number of nitrogens with zero attached hydrogens (tertiary/aromatic N) is 1. The van der Waals surface area contributed by atoms with Crippen molar-refractivity contribution in [3.63, 3.8) is 0 Å². The smallest absolute Gasteiger partial charge is 0.123 e. The van der Waals surface area contributed by atoms with Crippen LogP contribution >= 0.6 is 0 Å². The van der Waals surface area contributed by atoms with Crippen molar-refractivity contribution in [1.82, 2.24) is 10.3 Å². The van der Waals surface area contributed by atoms with Gasteiger partial charge in [-0.1, -0.05) is 18.2 Å². The van der Waals surface area contributed by atoms with E-state index in [-0.39, 0.29) is 5.82 Å². The first-order chi connectivity index (χ1) is 9.49. The standard InChI is InChI=1S/C16H19FN2O/c1-12-13(4-3-9-19-12)10-18-11-16(2,20)14-5-7-15(17)8-6-14/h3-9,18,20H,10-11H2,1-2H3. The molecule has 0 aliphatic carbocycles. The van der Waals surface area contributed by atoms with Gasteiger partial charge < -0.3 is 10.4 Å². The first-order valence-electron chi connectivity index (χ1n) is 6.59. The van der Waals surface area contributed by atoms with Crippen LogP contribution in [0.3, 0.4) is 0 Å². The zero-order chi connectivity index (χ0) is 14.6. The Hall–Kier alpha value is -1.78. The molecule has 2 rings (SSSR count). The highest BCUT2D eigenvalue weighted by Crippen LogP contribution is 2.20. The van der Waals surface area contributed by atoms with Crippen molar-refractivity contribution in [2.24, 2.45) is 0 Å². The van der Waals surface area contributed by atoms with Crippen molar-refractivity contribution < 1.29 is 9.50 Å². The van der Waals surface area contributed by atoms with E-state index in [0.717, 1.165) is 11.3 Å². The maximum atomic E-state index is 12.9. The summed E-state index contributed by atoms with van der Waals surface area (Å²) in [5, 5.41) is 13.6. The van der Waals surface area contributed by atoms with E-state index in [0.29, 0.717) is 18.7 Å². The number of aryl methyl sites for hydroxylation is 1. The van der Waals surface area contributed by atoms with E-state index >= 15 is 0 Å².